The van der Waals surface area contributed by atoms with E-state index in [2.05, 4.69) is 11.2 Å². The Kier molecular flexibility index (Phi) is 3.61. The van der Waals surface area contributed by atoms with Crippen LogP contribution in [0.4, 0.5) is 5.69 Å². The molecule has 1 atom stereocenters. The molecule has 21 heavy (non-hydrogen) atoms. The second-order valence-corrected chi connectivity index (χ2v) is 5.03. The van der Waals surface area contributed by atoms with E-state index < -0.39 is 0 Å². The second-order valence-electron chi connectivity index (χ2n) is 5.03. The first kappa shape index (κ1) is 13.3. The van der Waals surface area contributed by atoms with Gasteiger partial charge in [-0.1, -0.05) is 30.2 Å². The standard InChI is InChI=1S/C18H15NO2/c1-2-13-6-5-8-16(10-13)19-18(20)15-11-14-7-3-4-9-17(14)21-12-15/h1,3-10,15H,11-12H2,(H,19,20). The van der Waals surface area contributed by atoms with Crippen molar-refractivity contribution in [1.29, 1.82) is 0 Å². The van der Waals surface area contributed by atoms with Gasteiger partial charge in [-0.15, -0.1) is 6.42 Å². The molecule has 3 heteroatoms. The number of hydrogen-bond acceptors (Lipinski definition) is 2. The number of benzene rings is 2. The molecule has 1 aliphatic heterocycles. The van der Waals surface area contributed by atoms with Crippen molar-refractivity contribution in [3.05, 3.63) is 59.7 Å². The average Bonchev–Trinajstić information content (AvgIpc) is 2.54. The number of carbonyl (C=O) groups is 1. The van der Waals surface area contributed by atoms with Crippen LogP contribution >= 0.6 is 0 Å². The van der Waals surface area contributed by atoms with Crippen molar-refractivity contribution >= 4 is 11.6 Å². The fourth-order valence-electron chi connectivity index (χ4n) is 2.43. The fraction of sp³-hybridized carbons (Fsp3) is 0.167. The van der Waals surface area contributed by atoms with Crippen LogP contribution in [0.25, 0.3) is 0 Å². The van der Waals surface area contributed by atoms with Crippen molar-refractivity contribution in [1.82, 2.24) is 0 Å². The van der Waals surface area contributed by atoms with Crippen molar-refractivity contribution in [2.24, 2.45) is 5.92 Å². The van der Waals surface area contributed by atoms with E-state index in [1.165, 1.54) is 0 Å². The van der Waals surface area contributed by atoms with Gasteiger partial charge in [-0.3, -0.25) is 4.79 Å². The van der Waals surface area contributed by atoms with E-state index in [-0.39, 0.29) is 11.8 Å². The van der Waals surface area contributed by atoms with E-state index in [0.717, 1.165) is 16.9 Å². The zero-order valence-electron chi connectivity index (χ0n) is 11.5. The molecule has 0 fully saturated rings. The molecular weight excluding hydrogens is 262 g/mol. The summed E-state index contributed by atoms with van der Waals surface area (Å²) in [5, 5.41) is 2.90. The summed E-state index contributed by atoms with van der Waals surface area (Å²) in [5.41, 5.74) is 2.54. The Bertz CT molecular complexity index is 715. The Morgan fingerprint density at radius 3 is 2.95 bits per heavy atom. The summed E-state index contributed by atoms with van der Waals surface area (Å²) >= 11 is 0. The summed E-state index contributed by atoms with van der Waals surface area (Å²) in [4.78, 5) is 12.3. The van der Waals surface area contributed by atoms with Gasteiger partial charge in [0.2, 0.25) is 5.91 Å². The largest absolute Gasteiger partial charge is 0.492 e. The van der Waals surface area contributed by atoms with Gasteiger partial charge >= 0.3 is 0 Å². The van der Waals surface area contributed by atoms with E-state index in [4.69, 9.17) is 11.2 Å². The third-order valence-electron chi connectivity index (χ3n) is 3.55. The molecule has 0 bridgehead atoms. The van der Waals surface area contributed by atoms with E-state index in [1.54, 1.807) is 6.07 Å². The van der Waals surface area contributed by atoms with Crippen LogP contribution in [-0.2, 0) is 11.2 Å². The number of terminal acetylenes is 1. The van der Waals surface area contributed by atoms with Crippen LogP contribution in [0.3, 0.4) is 0 Å². The Morgan fingerprint density at radius 2 is 2.10 bits per heavy atom. The smallest absolute Gasteiger partial charge is 0.231 e. The highest BCUT2D eigenvalue weighted by Gasteiger charge is 2.25. The van der Waals surface area contributed by atoms with Crippen LogP contribution in [-0.4, -0.2) is 12.5 Å². The molecule has 0 aliphatic carbocycles. The molecule has 1 unspecified atom stereocenters. The lowest BCUT2D eigenvalue weighted by Gasteiger charge is -2.24. The molecule has 0 spiro atoms. The first-order valence-corrected chi connectivity index (χ1v) is 6.84. The van der Waals surface area contributed by atoms with E-state index in [1.807, 2.05) is 42.5 Å². The van der Waals surface area contributed by atoms with Crippen LogP contribution < -0.4 is 10.1 Å². The highest BCUT2D eigenvalue weighted by atomic mass is 16.5. The van der Waals surface area contributed by atoms with Gasteiger partial charge in [0, 0.05) is 11.3 Å². The van der Waals surface area contributed by atoms with Gasteiger partial charge in [0.05, 0.1) is 5.92 Å². The Hall–Kier alpha value is -2.73. The lowest BCUT2D eigenvalue weighted by molar-refractivity contribution is -0.121. The average molecular weight is 277 g/mol. The van der Waals surface area contributed by atoms with Gasteiger partial charge < -0.3 is 10.1 Å². The van der Waals surface area contributed by atoms with Gasteiger partial charge in [0.25, 0.3) is 0 Å². The van der Waals surface area contributed by atoms with Crippen molar-refractivity contribution in [3.63, 3.8) is 0 Å². The maximum absolute atomic E-state index is 12.3. The molecule has 1 aliphatic rings. The monoisotopic (exact) mass is 277 g/mol. The third-order valence-corrected chi connectivity index (χ3v) is 3.55. The number of amides is 1. The highest BCUT2D eigenvalue weighted by Crippen LogP contribution is 2.27. The molecule has 104 valence electrons. The predicted octanol–water partition coefficient (Wildman–Crippen LogP) is 2.86. The molecule has 1 heterocycles. The number of fused-ring (bicyclic) bond motifs is 1. The Labute approximate surface area is 123 Å². The number of carbonyl (C=O) groups excluding carboxylic acids is 1. The molecule has 0 saturated heterocycles. The summed E-state index contributed by atoms with van der Waals surface area (Å²) in [6.45, 7) is 0.400. The molecule has 2 aromatic carbocycles. The molecule has 0 radical (unpaired) electrons. The van der Waals surface area contributed by atoms with Crippen molar-refractivity contribution < 1.29 is 9.53 Å². The fourth-order valence-corrected chi connectivity index (χ4v) is 2.43. The zero-order valence-corrected chi connectivity index (χ0v) is 11.5. The number of nitrogens with one attached hydrogen (secondary N) is 1. The number of hydrogen-bond donors (Lipinski definition) is 1. The van der Waals surface area contributed by atoms with Gasteiger partial charge in [0.15, 0.2) is 0 Å². The number of ether oxygens (including phenoxy) is 1. The summed E-state index contributed by atoms with van der Waals surface area (Å²) < 4.78 is 5.65. The Balaban J connectivity index is 1.71. The summed E-state index contributed by atoms with van der Waals surface area (Å²) in [6.07, 6.45) is 6.05. The van der Waals surface area contributed by atoms with Gasteiger partial charge in [-0.25, -0.2) is 0 Å². The van der Waals surface area contributed by atoms with E-state index in [9.17, 15) is 4.79 Å². The van der Waals surface area contributed by atoms with Crippen molar-refractivity contribution in [2.45, 2.75) is 6.42 Å². The van der Waals surface area contributed by atoms with Gasteiger partial charge in [-0.05, 0) is 36.2 Å². The topological polar surface area (TPSA) is 38.3 Å². The summed E-state index contributed by atoms with van der Waals surface area (Å²) in [5.74, 6) is 3.20. The minimum Gasteiger partial charge on any atom is -0.492 e. The Morgan fingerprint density at radius 1 is 1.24 bits per heavy atom. The lowest BCUT2D eigenvalue weighted by atomic mass is 9.96. The van der Waals surface area contributed by atoms with Crippen LogP contribution in [0.5, 0.6) is 5.75 Å². The first-order valence-electron chi connectivity index (χ1n) is 6.84. The molecule has 1 N–H and O–H groups in total. The zero-order chi connectivity index (χ0) is 14.7. The van der Waals surface area contributed by atoms with E-state index in [0.29, 0.717) is 18.7 Å². The molecule has 0 aromatic heterocycles. The van der Waals surface area contributed by atoms with Crippen LogP contribution in [0.2, 0.25) is 0 Å². The highest BCUT2D eigenvalue weighted by molar-refractivity contribution is 5.93. The molecule has 2 aromatic rings. The normalized spacial score (nSPS) is 16.2. The quantitative estimate of drug-likeness (QED) is 0.857. The van der Waals surface area contributed by atoms with Crippen molar-refractivity contribution in [2.75, 3.05) is 11.9 Å². The molecule has 0 saturated carbocycles. The van der Waals surface area contributed by atoms with Crippen LogP contribution in [0, 0.1) is 18.3 Å². The molecule has 3 rings (SSSR count). The maximum atomic E-state index is 12.3. The van der Waals surface area contributed by atoms with Crippen LogP contribution in [0.1, 0.15) is 11.1 Å². The van der Waals surface area contributed by atoms with Crippen LogP contribution in [0.15, 0.2) is 48.5 Å². The molecular formula is C18H15NO2. The van der Waals surface area contributed by atoms with E-state index >= 15 is 0 Å². The molecule has 1 amide bonds. The van der Waals surface area contributed by atoms with Gasteiger partial charge in [0.1, 0.15) is 12.4 Å². The lowest BCUT2D eigenvalue weighted by Crippen LogP contribution is -2.32. The number of rotatable bonds is 2. The SMILES string of the molecule is C#Cc1cccc(NC(=O)C2COc3ccccc3C2)c1. The maximum Gasteiger partial charge on any atom is 0.231 e. The second kappa shape index (κ2) is 5.72. The molecule has 3 nitrogen and oxygen atoms in total. The van der Waals surface area contributed by atoms with Gasteiger partial charge in [-0.2, -0.15) is 0 Å². The third kappa shape index (κ3) is 2.90. The predicted molar refractivity (Wildman–Crippen MR) is 82.1 cm³/mol. The van der Waals surface area contributed by atoms with Crippen molar-refractivity contribution in [3.8, 4) is 18.1 Å². The number of para-hydroxylation sites is 1. The first-order chi connectivity index (χ1) is 10.3. The summed E-state index contributed by atoms with van der Waals surface area (Å²) in [7, 11) is 0. The minimum atomic E-state index is -0.186. The minimum absolute atomic E-state index is 0.0429. The number of anilines is 1. The summed E-state index contributed by atoms with van der Waals surface area (Å²) in [6, 6.07) is 15.1.